The van der Waals surface area contributed by atoms with E-state index in [1.807, 2.05) is 0 Å². The number of amides is 1. The SMILES string of the molecule is COc1cc(OCC(=O)NC2CC(C(=O)O)C2)ccc1[N+](=O)[O-]. The van der Waals surface area contributed by atoms with Crippen LogP contribution in [0.25, 0.3) is 0 Å². The van der Waals surface area contributed by atoms with Gasteiger partial charge in [-0.2, -0.15) is 0 Å². The van der Waals surface area contributed by atoms with E-state index in [-0.39, 0.29) is 35.7 Å². The predicted octanol–water partition coefficient (Wildman–Crippen LogP) is 0.962. The third-order valence-electron chi connectivity index (χ3n) is 3.57. The van der Waals surface area contributed by atoms with Crippen LogP contribution in [0, 0.1) is 16.0 Å². The third-order valence-corrected chi connectivity index (χ3v) is 3.57. The summed E-state index contributed by atoms with van der Waals surface area (Å²) in [6, 6.07) is 3.78. The summed E-state index contributed by atoms with van der Waals surface area (Å²) in [5.74, 6) is -1.34. The Morgan fingerprint density at radius 1 is 1.43 bits per heavy atom. The highest BCUT2D eigenvalue weighted by atomic mass is 16.6. The first-order valence-corrected chi connectivity index (χ1v) is 6.88. The first-order valence-electron chi connectivity index (χ1n) is 6.88. The number of hydrogen-bond acceptors (Lipinski definition) is 6. The molecule has 9 heteroatoms. The number of carboxylic acid groups (broad SMARTS) is 1. The highest BCUT2D eigenvalue weighted by Gasteiger charge is 2.35. The van der Waals surface area contributed by atoms with E-state index in [0.29, 0.717) is 12.8 Å². The standard InChI is InChI=1S/C14H16N2O7/c1-22-12-6-10(2-3-11(12)16(20)21)23-7-13(17)15-9-4-8(5-9)14(18)19/h2-3,6,8-9H,4-5,7H2,1H3,(H,15,17)(H,18,19). The zero-order valence-corrected chi connectivity index (χ0v) is 12.4. The number of benzene rings is 1. The predicted molar refractivity (Wildman–Crippen MR) is 77.4 cm³/mol. The maximum absolute atomic E-state index is 11.7. The van der Waals surface area contributed by atoms with E-state index in [1.165, 1.54) is 25.3 Å². The number of carboxylic acids is 1. The largest absolute Gasteiger partial charge is 0.490 e. The van der Waals surface area contributed by atoms with Gasteiger partial charge in [-0.25, -0.2) is 0 Å². The monoisotopic (exact) mass is 324 g/mol. The molecule has 0 saturated heterocycles. The van der Waals surface area contributed by atoms with Crippen molar-refractivity contribution in [3.63, 3.8) is 0 Å². The quantitative estimate of drug-likeness (QED) is 0.564. The Morgan fingerprint density at radius 3 is 2.70 bits per heavy atom. The zero-order chi connectivity index (χ0) is 17.0. The van der Waals surface area contributed by atoms with Crippen molar-refractivity contribution in [3.05, 3.63) is 28.3 Å². The van der Waals surface area contributed by atoms with Crippen LogP contribution in [-0.4, -0.2) is 41.7 Å². The molecule has 0 unspecified atom stereocenters. The lowest BCUT2D eigenvalue weighted by Crippen LogP contribution is -2.48. The van der Waals surface area contributed by atoms with Gasteiger partial charge in [-0.05, 0) is 18.9 Å². The highest BCUT2D eigenvalue weighted by Crippen LogP contribution is 2.31. The number of methoxy groups -OCH3 is 1. The molecule has 1 aliphatic carbocycles. The second kappa shape index (κ2) is 6.95. The summed E-state index contributed by atoms with van der Waals surface area (Å²) in [6.07, 6.45) is 0.818. The van der Waals surface area contributed by atoms with Gasteiger partial charge in [0.25, 0.3) is 5.91 Å². The van der Waals surface area contributed by atoms with Gasteiger partial charge in [-0.3, -0.25) is 19.7 Å². The number of nitro benzene ring substituents is 1. The summed E-state index contributed by atoms with van der Waals surface area (Å²) in [5, 5.41) is 22.2. The molecule has 1 saturated carbocycles. The Balaban J connectivity index is 1.83. The van der Waals surface area contributed by atoms with Gasteiger partial charge in [0.15, 0.2) is 6.61 Å². The molecule has 0 radical (unpaired) electrons. The fourth-order valence-corrected chi connectivity index (χ4v) is 2.25. The van der Waals surface area contributed by atoms with Crippen molar-refractivity contribution in [2.75, 3.05) is 13.7 Å². The number of hydrogen-bond donors (Lipinski definition) is 2. The first-order chi connectivity index (χ1) is 10.9. The van der Waals surface area contributed by atoms with Crippen LogP contribution in [0.3, 0.4) is 0 Å². The van der Waals surface area contributed by atoms with Gasteiger partial charge in [-0.1, -0.05) is 0 Å². The second-order valence-electron chi connectivity index (χ2n) is 5.15. The molecule has 1 amide bonds. The first kappa shape index (κ1) is 16.5. The molecule has 0 atom stereocenters. The molecular formula is C14H16N2O7. The van der Waals surface area contributed by atoms with Crippen LogP contribution in [0.15, 0.2) is 18.2 Å². The van der Waals surface area contributed by atoms with E-state index in [0.717, 1.165) is 0 Å². The van der Waals surface area contributed by atoms with Crippen molar-refractivity contribution in [1.82, 2.24) is 5.32 Å². The molecule has 0 bridgehead atoms. The van der Waals surface area contributed by atoms with E-state index in [1.54, 1.807) is 0 Å². The summed E-state index contributed by atoms with van der Waals surface area (Å²) in [4.78, 5) is 32.6. The third kappa shape index (κ3) is 4.09. The maximum atomic E-state index is 11.7. The Morgan fingerprint density at radius 2 is 2.13 bits per heavy atom. The number of nitro groups is 1. The number of aliphatic carboxylic acids is 1. The van der Waals surface area contributed by atoms with Crippen LogP contribution in [0.4, 0.5) is 5.69 Å². The summed E-state index contributed by atoms with van der Waals surface area (Å²) in [5.41, 5.74) is -0.196. The number of rotatable bonds is 7. The molecule has 1 aromatic carbocycles. The Bertz CT molecular complexity index is 626. The van der Waals surface area contributed by atoms with Crippen molar-refractivity contribution in [1.29, 1.82) is 0 Å². The average molecular weight is 324 g/mol. The molecule has 0 aliphatic heterocycles. The van der Waals surface area contributed by atoms with Gasteiger partial charge < -0.3 is 19.9 Å². The molecule has 1 fully saturated rings. The molecular weight excluding hydrogens is 308 g/mol. The van der Waals surface area contributed by atoms with Crippen LogP contribution in [-0.2, 0) is 9.59 Å². The topological polar surface area (TPSA) is 128 Å². The fourth-order valence-electron chi connectivity index (χ4n) is 2.25. The number of nitrogens with one attached hydrogen (secondary N) is 1. The minimum atomic E-state index is -0.857. The van der Waals surface area contributed by atoms with Gasteiger partial charge in [0.2, 0.25) is 5.75 Å². The van der Waals surface area contributed by atoms with Crippen LogP contribution in [0.1, 0.15) is 12.8 Å². The molecule has 23 heavy (non-hydrogen) atoms. The van der Waals surface area contributed by atoms with Crippen molar-refractivity contribution < 1.29 is 29.1 Å². The van der Waals surface area contributed by atoms with Crippen LogP contribution in [0.2, 0.25) is 0 Å². The Kier molecular flexibility index (Phi) is 4.99. The molecule has 1 aromatic rings. The van der Waals surface area contributed by atoms with Crippen LogP contribution in [0.5, 0.6) is 11.5 Å². The zero-order valence-electron chi connectivity index (χ0n) is 12.4. The van der Waals surface area contributed by atoms with Crippen molar-refractivity contribution in [3.8, 4) is 11.5 Å². The molecule has 2 rings (SSSR count). The Hall–Kier alpha value is -2.84. The Labute approximate surface area is 131 Å². The normalized spacial score (nSPS) is 19.3. The number of nitrogens with zero attached hydrogens (tertiary/aromatic N) is 1. The molecule has 2 N–H and O–H groups in total. The van der Waals surface area contributed by atoms with Gasteiger partial charge in [0, 0.05) is 18.2 Å². The van der Waals surface area contributed by atoms with Crippen molar-refractivity contribution >= 4 is 17.6 Å². The second-order valence-corrected chi connectivity index (χ2v) is 5.15. The summed E-state index contributed by atoms with van der Waals surface area (Å²) in [6.45, 7) is -0.269. The summed E-state index contributed by atoms with van der Waals surface area (Å²) >= 11 is 0. The average Bonchev–Trinajstić information content (AvgIpc) is 2.47. The number of carbonyl (C=O) groups is 2. The molecule has 0 heterocycles. The lowest BCUT2D eigenvalue weighted by Gasteiger charge is -2.32. The molecule has 1 aliphatic rings. The smallest absolute Gasteiger partial charge is 0.311 e. The van der Waals surface area contributed by atoms with Crippen LogP contribution < -0.4 is 14.8 Å². The van der Waals surface area contributed by atoms with Crippen molar-refractivity contribution in [2.45, 2.75) is 18.9 Å². The number of ether oxygens (including phenoxy) is 2. The van der Waals surface area contributed by atoms with Crippen LogP contribution >= 0.6 is 0 Å². The van der Waals surface area contributed by atoms with Gasteiger partial charge in [0.1, 0.15) is 5.75 Å². The molecule has 9 nitrogen and oxygen atoms in total. The van der Waals surface area contributed by atoms with Crippen molar-refractivity contribution in [2.24, 2.45) is 5.92 Å². The van der Waals surface area contributed by atoms with E-state index >= 15 is 0 Å². The molecule has 0 aromatic heterocycles. The van der Waals surface area contributed by atoms with E-state index in [2.05, 4.69) is 5.32 Å². The molecule has 124 valence electrons. The van der Waals surface area contributed by atoms with E-state index in [4.69, 9.17) is 14.6 Å². The highest BCUT2D eigenvalue weighted by molar-refractivity contribution is 5.78. The van der Waals surface area contributed by atoms with Gasteiger partial charge in [-0.15, -0.1) is 0 Å². The molecule has 0 spiro atoms. The van der Waals surface area contributed by atoms with E-state index < -0.39 is 16.8 Å². The minimum absolute atomic E-state index is 0.0381. The lowest BCUT2D eigenvalue weighted by atomic mass is 9.80. The fraction of sp³-hybridized carbons (Fsp3) is 0.429. The lowest BCUT2D eigenvalue weighted by molar-refractivity contribution is -0.385. The number of carbonyl (C=O) groups excluding carboxylic acids is 1. The van der Waals surface area contributed by atoms with Gasteiger partial charge in [0.05, 0.1) is 18.0 Å². The van der Waals surface area contributed by atoms with Gasteiger partial charge >= 0.3 is 11.7 Å². The minimum Gasteiger partial charge on any atom is -0.490 e. The summed E-state index contributed by atoms with van der Waals surface area (Å²) < 4.78 is 10.2. The van der Waals surface area contributed by atoms with E-state index in [9.17, 15) is 19.7 Å². The summed E-state index contributed by atoms with van der Waals surface area (Å²) in [7, 11) is 1.30. The maximum Gasteiger partial charge on any atom is 0.311 e.